The topological polar surface area (TPSA) is 64.2 Å². The van der Waals surface area contributed by atoms with Gasteiger partial charge in [0.1, 0.15) is 0 Å². The first-order valence-corrected chi connectivity index (χ1v) is 10.8. The number of carbonyl (C=O) groups excluding carboxylic acids is 1. The molecule has 25 heavy (non-hydrogen) atoms. The summed E-state index contributed by atoms with van der Waals surface area (Å²) in [6, 6.07) is 0. The molecule has 0 unspecified atom stereocenters. The summed E-state index contributed by atoms with van der Waals surface area (Å²) in [5, 5.41) is 0. The molecule has 0 radical (unpaired) electrons. The Hall–Kier alpha value is -0.700. The van der Waals surface area contributed by atoms with Gasteiger partial charge in [-0.05, 0) is 38.6 Å². The molecule has 0 aliphatic carbocycles. The number of piperazine rings is 1. The van der Waals surface area contributed by atoms with Crippen molar-refractivity contribution in [2.75, 3.05) is 53.4 Å². The van der Waals surface area contributed by atoms with Gasteiger partial charge in [-0.3, -0.25) is 9.69 Å². The van der Waals surface area contributed by atoms with E-state index in [1.165, 1.54) is 0 Å². The van der Waals surface area contributed by atoms with E-state index >= 15 is 0 Å². The molecule has 0 aromatic carbocycles. The minimum absolute atomic E-state index is 0.162. The van der Waals surface area contributed by atoms with Crippen LogP contribution < -0.4 is 0 Å². The van der Waals surface area contributed by atoms with Crippen molar-refractivity contribution in [2.24, 2.45) is 5.92 Å². The minimum atomic E-state index is -3.40. The summed E-state index contributed by atoms with van der Waals surface area (Å²) in [7, 11) is 0.508. The average Bonchev–Trinajstić information content (AvgIpc) is 2.72. The van der Waals surface area contributed by atoms with Gasteiger partial charge in [-0.2, -0.15) is 17.0 Å². The third-order valence-corrected chi connectivity index (χ3v) is 8.48. The smallest absolute Gasteiger partial charge is 0.282 e. The SMILES string of the molecule is CC1CCN(S(=O)(=O)N2CCN(C)[C@@]3(CCC(=O)N(C)CC3)C2)CC1. The van der Waals surface area contributed by atoms with E-state index in [0.717, 1.165) is 32.2 Å². The largest absolute Gasteiger partial charge is 0.346 e. The van der Waals surface area contributed by atoms with Crippen LogP contribution in [0.15, 0.2) is 0 Å². The van der Waals surface area contributed by atoms with Crippen molar-refractivity contribution in [1.29, 1.82) is 0 Å². The van der Waals surface area contributed by atoms with Crippen LogP contribution >= 0.6 is 0 Å². The zero-order chi connectivity index (χ0) is 18.2. The van der Waals surface area contributed by atoms with Crippen molar-refractivity contribution in [2.45, 2.75) is 44.6 Å². The zero-order valence-electron chi connectivity index (χ0n) is 15.8. The second-order valence-electron chi connectivity index (χ2n) is 8.13. The number of rotatable bonds is 2. The van der Waals surface area contributed by atoms with Crippen LogP contribution in [-0.4, -0.2) is 91.6 Å². The van der Waals surface area contributed by atoms with E-state index in [0.29, 0.717) is 45.1 Å². The summed E-state index contributed by atoms with van der Waals surface area (Å²) in [6.45, 7) is 5.90. The van der Waals surface area contributed by atoms with E-state index < -0.39 is 10.2 Å². The summed E-state index contributed by atoms with van der Waals surface area (Å²) in [5.74, 6) is 0.768. The molecule has 0 bridgehead atoms. The third-order valence-electron chi connectivity index (χ3n) is 6.50. The number of piperidine rings is 1. The Morgan fingerprint density at radius 1 is 0.960 bits per heavy atom. The van der Waals surface area contributed by atoms with Crippen LogP contribution in [0.2, 0.25) is 0 Å². The fourth-order valence-corrected chi connectivity index (χ4v) is 6.01. The highest BCUT2D eigenvalue weighted by molar-refractivity contribution is 7.86. The molecule has 3 rings (SSSR count). The monoisotopic (exact) mass is 372 g/mol. The number of likely N-dealkylation sites (N-methyl/N-ethyl adjacent to an activating group) is 1. The number of hydrogen-bond acceptors (Lipinski definition) is 4. The first kappa shape index (κ1) is 19.1. The Morgan fingerprint density at radius 3 is 2.32 bits per heavy atom. The Morgan fingerprint density at radius 2 is 1.64 bits per heavy atom. The summed E-state index contributed by atoms with van der Waals surface area (Å²) in [6.07, 6.45) is 3.94. The summed E-state index contributed by atoms with van der Waals surface area (Å²) < 4.78 is 29.6. The molecule has 3 heterocycles. The molecule has 0 saturated carbocycles. The number of hydrogen-bond donors (Lipinski definition) is 0. The van der Waals surface area contributed by atoms with Crippen LogP contribution in [0.3, 0.4) is 0 Å². The second kappa shape index (κ2) is 7.13. The Kier molecular flexibility index (Phi) is 5.44. The lowest BCUT2D eigenvalue weighted by Gasteiger charge is -2.49. The molecule has 0 N–H and O–H groups in total. The third kappa shape index (κ3) is 3.72. The van der Waals surface area contributed by atoms with Crippen LogP contribution in [0.25, 0.3) is 0 Å². The summed E-state index contributed by atoms with van der Waals surface area (Å²) in [4.78, 5) is 16.1. The van der Waals surface area contributed by atoms with Crippen LogP contribution in [-0.2, 0) is 15.0 Å². The van der Waals surface area contributed by atoms with Gasteiger partial charge in [-0.1, -0.05) is 6.92 Å². The molecule has 8 heteroatoms. The lowest BCUT2D eigenvalue weighted by atomic mass is 9.87. The van der Waals surface area contributed by atoms with Gasteiger partial charge >= 0.3 is 0 Å². The average molecular weight is 373 g/mol. The van der Waals surface area contributed by atoms with E-state index in [2.05, 4.69) is 18.9 Å². The Bertz CT molecular complexity index is 603. The molecule has 1 amide bonds. The van der Waals surface area contributed by atoms with Crippen molar-refractivity contribution in [3.63, 3.8) is 0 Å². The quantitative estimate of drug-likeness (QED) is 0.712. The van der Waals surface area contributed by atoms with E-state index in [4.69, 9.17) is 0 Å². The van der Waals surface area contributed by atoms with Gasteiger partial charge in [0.15, 0.2) is 0 Å². The highest BCUT2D eigenvalue weighted by atomic mass is 32.2. The van der Waals surface area contributed by atoms with Crippen molar-refractivity contribution < 1.29 is 13.2 Å². The van der Waals surface area contributed by atoms with Crippen LogP contribution in [0.1, 0.15) is 39.0 Å². The van der Waals surface area contributed by atoms with Crippen LogP contribution in [0.5, 0.6) is 0 Å². The Labute approximate surface area is 152 Å². The van der Waals surface area contributed by atoms with Crippen LogP contribution in [0, 0.1) is 5.92 Å². The van der Waals surface area contributed by atoms with Crippen molar-refractivity contribution in [3.05, 3.63) is 0 Å². The van der Waals surface area contributed by atoms with E-state index in [1.807, 2.05) is 7.05 Å². The van der Waals surface area contributed by atoms with Gasteiger partial charge in [0.2, 0.25) is 5.91 Å². The lowest BCUT2D eigenvalue weighted by molar-refractivity contribution is -0.129. The maximum absolute atomic E-state index is 13.2. The molecule has 3 saturated heterocycles. The fourth-order valence-electron chi connectivity index (χ4n) is 4.30. The minimum Gasteiger partial charge on any atom is -0.346 e. The van der Waals surface area contributed by atoms with Gasteiger partial charge in [-0.15, -0.1) is 0 Å². The molecule has 0 aromatic rings. The maximum Gasteiger partial charge on any atom is 0.282 e. The number of nitrogens with zero attached hydrogens (tertiary/aromatic N) is 4. The first-order chi connectivity index (χ1) is 11.7. The molecular weight excluding hydrogens is 340 g/mol. The normalized spacial score (nSPS) is 32.3. The number of likely N-dealkylation sites (tertiary alicyclic amines) is 1. The fraction of sp³-hybridized carbons (Fsp3) is 0.941. The summed E-state index contributed by atoms with van der Waals surface area (Å²) >= 11 is 0. The molecule has 1 spiro atoms. The molecule has 144 valence electrons. The summed E-state index contributed by atoms with van der Waals surface area (Å²) in [5.41, 5.74) is -0.227. The second-order valence-corrected chi connectivity index (χ2v) is 10.1. The highest BCUT2D eigenvalue weighted by Crippen LogP contribution is 2.33. The molecular formula is C17H32N4O3S. The van der Waals surface area contributed by atoms with E-state index in [-0.39, 0.29) is 11.4 Å². The van der Waals surface area contributed by atoms with Gasteiger partial charge in [0, 0.05) is 58.3 Å². The number of carbonyl (C=O) groups is 1. The van der Waals surface area contributed by atoms with Gasteiger partial charge in [0.25, 0.3) is 10.2 Å². The van der Waals surface area contributed by atoms with Crippen molar-refractivity contribution >= 4 is 16.1 Å². The standard InChI is InChI=1S/C17H32N4O3S/c1-15-5-9-20(10-6-15)25(23,24)21-13-12-19(3)17(14-21)7-4-16(22)18(2)11-8-17/h15H,4-14H2,1-3H3/t17-/m1/s1. The molecule has 3 fully saturated rings. The van der Waals surface area contributed by atoms with E-state index in [1.54, 1.807) is 13.5 Å². The van der Waals surface area contributed by atoms with Crippen molar-refractivity contribution in [1.82, 2.24) is 18.4 Å². The molecule has 0 aromatic heterocycles. The predicted molar refractivity (Wildman–Crippen MR) is 97.3 cm³/mol. The van der Waals surface area contributed by atoms with Gasteiger partial charge in [-0.25, -0.2) is 0 Å². The maximum atomic E-state index is 13.2. The zero-order valence-corrected chi connectivity index (χ0v) is 16.6. The molecule has 1 atom stereocenters. The molecule has 3 aliphatic heterocycles. The molecule has 7 nitrogen and oxygen atoms in total. The number of amides is 1. The van der Waals surface area contributed by atoms with Crippen LogP contribution in [0.4, 0.5) is 0 Å². The van der Waals surface area contributed by atoms with Gasteiger partial charge < -0.3 is 4.90 Å². The molecule has 3 aliphatic rings. The van der Waals surface area contributed by atoms with Crippen molar-refractivity contribution in [3.8, 4) is 0 Å². The highest BCUT2D eigenvalue weighted by Gasteiger charge is 2.46. The van der Waals surface area contributed by atoms with E-state index in [9.17, 15) is 13.2 Å². The van der Waals surface area contributed by atoms with Gasteiger partial charge in [0.05, 0.1) is 0 Å². The predicted octanol–water partition coefficient (Wildman–Crippen LogP) is 0.592. The lowest BCUT2D eigenvalue weighted by Crippen LogP contribution is -2.64. The Balaban J connectivity index is 1.76. The first-order valence-electron chi connectivity index (χ1n) is 9.45.